The molecular weight excluding hydrogens is 268 g/mol. The number of hydrogen-bond acceptors (Lipinski definition) is 1. The molecule has 1 heterocycles. The molecule has 1 nitrogen and oxygen atoms in total. The molecule has 0 N–H and O–H groups in total. The van der Waals surface area contributed by atoms with Gasteiger partial charge < -0.3 is 4.74 Å². The van der Waals surface area contributed by atoms with Crippen LogP contribution in [0.1, 0.15) is 18.1 Å². The molecule has 1 aliphatic heterocycles. The van der Waals surface area contributed by atoms with Crippen molar-refractivity contribution in [2.75, 3.05) is 6.61 Å². The molecule has 3 rings (SSSR count). The first-order chi connectivity index (χ1) is 10.8. The van der Waals surface area contributed by atoms with Gasteiger partial charge in [-0.1, -0.05) is 60.1 Å². The molecule has 0 amide bonds. The Morgan fingerprint density at radius 3 is 1.91 bits per heavy atom. The normalized spacial score (nSPS) is 16.5. The van der Waals surface area contributed by atoms with Crippen molar-refractivity contribution in [3.63, 3.8) is 0 Å². The van der Waals surface area contributed by atoms with Crippen molar-refractivity contribution in [2.45, 2.75) is 13.0 Å². The molecule has 1 aliphatic rings. The van der Waals surface area contributed by atoms with Crippen LogP contribution in [0.5, 0.6) is 0 Å². The smallest absolute Gasteiger partial charge is 0.0889 e. The van der Waals surface area contributed by atoms with Crippen molar-refractivity contribution in [1.82, 2.24) is 0 Å². The quantitative estimate of drug-likeness (QED) is 0.669. The van der Waals surface area contributed by atoms with Gasteiger partial charge in [-0.3, -0.25) is 0 Å². The van der Waals surface area contributed by atoms with Gasteiger partial charge in [0.1, 0.15) is 0 Å². The fraction of sp³-hybridized carbons (Fsp3) is 0.143. The van der Waals surface area contributed by atoms with Gasteiger partial charge in [-0.05, 0) is 31.2 Å². The molecule has 0 aliphatic carbocycles. The van der Waals surface area contributed by atoms with E-state index in [1.807, 2.05) is 67.6 Å². The monoisotopic (exact) mass is 284 g/mol. The average molecular weight is 284 g/mol. The van der Waals surface area contributed by atoms with Crippen molar-refractivity contribution in [3.05, 3.63) is 82.9 Å². The van der Waals surface area contributed by atoms with Crippen LogP contribution >= 0.6 is 0 Å². The molecule has 0 saturated heterocycles. The molecule has 1 atom stereocenters. The van der Waals surface area contributed by atoms with Crippen molar-refractivity contribution in [2.24, 2.45) is 0 Å². The van der Waals surface area contributed by atoms with E-state index in [1.54, 1.807) is 0 Å². The summed E-state index contributed by atoms with van der Waals surface area (Å²) >= 11 is 0. The van der Waals surface area contributed by atoms with Crippen LogP contribution in [0.3, 0.4) is 0 Å². The first kappa shape index (κ1) is 14.2. The van der Waals surface area contributed by atoms with Crippen LogP contribution in [0, 0.1) is 23.7 Å². The standard InChI is InChI=1S/C21H16O/c1-17-21(15-13-19-10-6-3-7-11-19)20(16-22-17)14-12-18-8-4-2-5-9-18/h2-11,17H,16H2,1H3. The van der Waals surface area contributed by atoms with Crippen LogP contribution in [0.25, 0.3) is 0 Å². The second-order valence-electron chi connectivity index (χ2n) is 5.08. The van der Waals surface area contributed by atoms with E-state index < -0.39 is 0 Å². The third-order valence-electron chi connectivity index (χ3n) is 3.46. The summed E-state index contributed by atoms with van der Waals surface area (Å²) in [5.74, 6) is 12.8. The van der Waals surface area contributed by atoms with E-state index in [-0.39, 0.29) is 6.10 Å². The van der Waals surface area contributed by atoms with E-state index in [0.717, 1.165) is 22.3 Å². The van der Waals surface area contributed by atoms with Gasteiger partial charge >= 0.3 is 0 Å². The summed E-state index contributed by atoms with van der Waals surface area (Å²) in [6.45, 7) is 2.56. The zero-order chi connectivity index (χ0) is 15.2. The van der Waals surface area contributed by atoms with E-state index in [4.69, 9.17) is 4.74 Å². The van der Waals surface area contributed by atoms with Gasteiger partial charge in [-0.2, -0.15) is 0 Å². The van der Waals surface area contributed by atoms with Crippen molar-refractivity contribution in [3.8, 4) is 23.7 Å². The molecule has 0 bridgehead atoms. The molecule has 2 aromatic rings. The zero-order valence-electron chi connectivity index (χ0n) is 12.5. The van der Waals surface area contributed by atoms with Gasteiger partial charge in [0.25, 0.3) is 0 Å². The highest BCUT2D eigenvalue weighted by atomic mass is 16.5. The number of hydrogen-bond donors (Lipinski definition) is 0. The van der Waals surface area contributed by atoms with E-state index in [1.165, 1.54) is 0 Å². The predicted molar refractivity (Wildman–Crippen MR) is 89.1 cm³/mol. The Balaban J connectivity index is 1.89. The molecule has 0 aromatic heterocycles. The van der Waals surface area contributed by atoms with E-state index >= 15 is 0 Å². The second kappa shape index (κ2) is 6.81. The van der Waals surface area contributed by atoms with Crippen LogP contribution in [0.4, 0.5) is 0 Å². The molecule has 0 radical (unpaired) electrons. The van der Waals surface area contributed by atoms with Crippen LogP contribution in [0.15, 0.2) is 71.8 Å². The summed E-state index contributed by atoms with van der Waals surface area (Å²) in [6, 6.07) is 19.9. The summed E-state index contributed by atoms with van der Waals surface area (Å²) in [5.41, 5.74) is 3.99. The molecule has 0 spiro atoms. The highest BCUT2D eigenvalue weighted by Crippen LogP contribution is 2.20. The third kappa shape index (κ3) is 3.47. The van der Waals surface area contributed by atoms with Gasteiger partial charge in [0, 0.05) is 22.3 Å². The summed E-state index contributed by atoms with van der Waals surface area (Å²) < 4.78 is 5.68. The maximum absolute atomic E-state index is 5.68. The lowest BCUT2D eigenvalue weighted by molar-refractivity contribution is 0.137. The van der Waals surface area contributed by atoms with Gasteiger partial charge in [0.05, 0.1) is 12.7 Å². The molecule has 22 heavy (non-hydrogen) atoms. The van der Waals surface area contributed by atoms with Crippen molar-refractivity contribution >= 4 is 0 Å². The van der Waals surface area contributed by atoms with Gasteiger partial charge in [0.2, 0.25) is 0 Å². The Morgan fingerprint density at radius 2 is 1.32 bits per heavy atom. The number of ether oxygens (including phenoxy) is 1. The van der Waals surface area contributed by atoms with Crippen LogP contribution in [-0.2, 0) is 4.74 Å². The maximum Gasteiger partial charge on any atom is 0.0889 e. The summed E-state index contributed by atoms with van der Waals surface area (Å²) in [5, 5.41) is 0. The fourth-order valence-electron chi connectivity index (χ4n) is 2.23. The summed E-state index contributed by atoms with van der Waals surface area (Å²) in [7, 11) is 0. The zero-order valence-corrected chi connectivity index (χ0v) is 12.5. The molecule has 1 unspecified atom stereocenters. The summed E-state index contributed by atoms with van der Waals surface area (Å²) in [6.07, 6.45) is 0.0104. The number of benzene rings is 2. The van der Waals surface area contributed by atoms with Gasteiger partial charge in [0.15, 0.2) is 0 Å². The van der Waals surface area contributed by atoms with Crippen LogP contribution < -0.4 is 0 Å². The second-order valence-corrected chi connectivity index (χ2v) is 5.08. The largest absolute Gasteiger partial charge is 0.368 e. The Kier molecular flexibility index (Phi) is 4.40. The first-order valence-corrected chi connectivity index (χ1v) is 7.32. The minimum atomic E-state index is 0.0104. The molecular formula is C21H16O. The van der Waals surface area contributed by atoms with E-state index in [0.29, 0.717) is 6.61 Å². The lowest BCUT2D eigenvalue weighted by Gasteiger charge is -2.00. The summed E-state index contributed by atoms with van der Waals surface area (Å²) in [4.78, 5) is 0. The van der Waals surface area contributed by atoms with E-state index in [9.17, 15) is 0 Å². The van der Waals surface area contributed by atoms with Gasteiger partial charge in [-0.25, -0.2) is 0 Å². The predicted octanol–water partition coefficient (Wildman–Crippen LogP) is 3.81. The highest BCUT2D eigenvalue weighted by Gasteiger charge is 2.19. The molecule has 0 saturated carbocycles. The number of rotatable bonds is 0. The fourth-order valence-corrected chi connectivity index (χ4v) is 2.23. The maximum atomic E-state index is 5.68. The minimum Gasteiger partial charge on any atom is -0.368 e. The molecule has 106 valence electrons. The Hall–Kier alpha value is -2.74. The molecule has 0 fully saturated rings. The molecule has 1 heteroatoms. The Labute approximate surface area is 131 Å². The Bertz CT molecular complexity index is 793. The van der Waals surface area contributed by atoms with Crippen molar-refractivity contribution in [1.29, 1.82) is 0 Å². The topological polar surface area (TPSA) is 9.23 Å². The van der Waals surface area contributed by atoms with Gasteiger partial charge in [-0.15, -0.1) is 0 Å². The van der Waals surface area contributed by atoms with Crippen LogP contribution in [0.2, 0.25) is 0 Å². The average Bonchev–Trinajstić information content (AvgIpc) is 2.93. The van der Waals surface area contributed by atoms with Crippen LogP contribution in [-0.4, -0.2) is 12.7 Å². The minimum absolute atomic E-state index is 0.0104. The SMILES string of the molecule is CC1OCC(C#Cc2ccccc2)=C1C#Cc1ccccc1. The lowest BCUT2D eigenvalue weighted by atomic mass is 10.1. The van der Waals surface area contributed by atoms with Crippen molar-refractivity contribution < 1.29 is 4.74 Å². The first-order valence-electron chi connectivity index (χ1n) is 7.32. The lowest BCUT2D eigenvalue weighted by Crippen LogP contribution is -2.01. The van der Waals surface area contributed by atoms with E-state index in [2.05, 4.69) is 23.7 Å². The third-order valence-corrected chi connectivity index (χ3v) is 3.46. The molecule has 2 aromatic carbocycles. The highest BCUT2D eigenvalue weighted by molar-refractivity contribution is 5.52. The Morgan fingerprint density at radius 1 is 0.773 bits per heavy atom.